The monoisotopic (exact) mass is 667 g/mol. The van der Waals surface area contributed by atoms with Gasteiger partial charge in [0.1, 0.15) is 6.61 Å². The zero-order chi connectivity index (χ0) is 30.6. The van der Waals surface area contributed by atoms with Gasteiger partial charge in [0.15, 0.2) is 5.05 Å². The van der Waals surface area contributed by atoms with Crippen molar-refractivity contribution in [2.45, 2.75) is 35.7 Å². The quantitative estimate of drug-likeness (QED) is 0.200. The number of ether oxygens (including phenoxy) is 1. The van der Waals surface area contributed by atoms with E-state index in [4.69, 9.17) is 40.2 Å². The van der Waals surface area contributed by atoms with Crippen LogP contribution in [0.1, 0.15) is 24.5 Å². The molecular weight excluding hydrogens is 634 g/mol. The Balaban J connectivity index is 1.06. The molecule has 2 aliphatic rings. The first kappa shape index (κ1) is 32.4. The number of thiocarbonyl (C=S) groups is 1. The Kier molecular flexibility index (Phi) is 10.8. The van der Waals surface area contributed by atoms with E-state index in [0.717, 1.165) is 66.7 Å². The summed E-state index contributed by atoms with van der Waals surface area (Å²) in [6, 6.07) is 17.5. The van der Waals surface area contributed by atoms with Gasteiger partial charge in [0.05, 0.1) is 16.9 Å². The summed E-state index contributed by atoms with van der Waals surface area (Å²) in [6.45, 7) is 8.69. The first-order valence-corrected chi connectivity index (χ1v) is 16.4. The maximum Gasteiger partial charge on any atom is 0.416 e. The van der Waals surface area contributed by atoms with Crippen LogP contribution in [0.25, 0.3) is 0 Å². The van der Waals surface area contributed by atoms with Gasteiger partial charge in [-0.3, -0.25) is 4.90 Å². The molecule has 230 valence electrons. The number of alkyl halides is 3. The van der Waals surface area contributed by atoms with Gasteiger partial charge in [-0.2, -0.15) is 13.2 Å². The van der Waals surface area contributed by atoms with E-state index < -0.39 is 11.7 Å². The molecule has 1 fully saturated rings. The van der Waals surface area contributed by atoms with Crippen molar-refractivity contribution in [1.29, 1.82) is 0 Å². The normalized spacial score (nSPS) is 16.5. The van der Waals surface area contributed by atoms with Gasteiger partial charge >= 0.3 is 6.18 Å². The summed E-state index contributed by atoms with van der Waals surface area (Å²) in [5.41, 5.74) is 1.98. The summed E-state index contributed by atoms with van der Waals surface area (Å²) >= 11 is 19.4. The lowest BCUT2D eigenvalue weighted by atomic mass is 10.0. The lowest BCUT2D eigenvalue weighted by Crippen LogP contribution is -2.47. The van der Waals surface area contributed by atoms with E-state index in [0.29, 0.717) is 40.4 Å². The largest absolute Gasteiger partial charge is 0.485 e. The molecule has 1 unspecified atom stereocenters. The molecule has 3 aromatic rings. The molecule has 0 spiro atoms. The molecule has 5 rings (SSSR count). The van der Waals surface area contributed by atoms with Crippen LogP contribution >= 0.6 is 47.2 Å². The fraction of sp³-hybridized carbons (Fsp3) is 0.406. The van der Waals surface area contributed by atoms with Crippen LogP contribution in [0.15, 0.2) is 70.5 Å². The van der Waals surface area contributed by atoms with Crippen LogP contribution in [-0.2, 0) is 17.3 Å². The standard InChI is InChI=1S/C32H34Cl2F3N3OS2/c1-22(19-23-7-9-25(33)21-26(23)34)31(42)41-18-17-39-15-13-38(14-16-39)11-4-12-40-27-5-2-3-6-29(27)43-30-10-8-24(20-28(30)40)32(35,36)37/h2-3,5-10,20-22H,4,11-19H2,1H3. The maximum atomic E-state index is 13.5. The number of halogens is 5. The first-order chi connectivity index (χ1) is 20.6. The molecule has 11 heteroatoms. The van der Waals surface area contributed by atoms with Gasteiger partial charge in [0.25, 0.3) is 0 Å². The Morgan fingerprint density at radius 1 is 0.907 bits per heavy atom. The molecule has 4 nitrogen and oxygen atoms in total. The second kappa shape index (κ2) is 14.4. The van der Waals surface area contributed by atoms with Gasteiger partial charge in [0, 0.05) is 65.0 Å². The highest BCUT2D eigenvalue weighted by Crippen LogP contribution is 2.49. The molecule has 0 aromatic heterocycles. The third kappa shape index (κ3) is 8.38. The Labute approximate surface area is 271 Å². The Morgan fingerprint density at radius 2 is 1.60 bits per heavy atom. The molecule has 0 saturated carbocycles. The van der Waals surface area contributed by atoms with Crippen LogP contribution in [0.2, 0.25) is 10.0 Å². The Bertz CT molecular complexity index is 1430. The molecular formula is C32H34Cl2F3N3OS2. The third-order valence-corrected chi connectivity index (χ3v) is 10.1. The Morgan fingerprint density at radius 3 is 2.33 bits per heavy atom. The van der Waals surface area contributed by atoms with Crippen molar-refractivity contribution in [1.82, 2.24) is 9.80 Å². The molecule has 2 heterocycles. The maximum absolute atomic E-state index is 13.5. The van der Waals surface area contributed by atoms with Crippen LogP contribution in [0.4, 0.5) is 24.5 Å². The van der Waals surface area contributed by atoms with Crippen molar-refractivity contribution in [2.75, 3.05) is 57.3 Å². The van der Waals surface area contributed by atoms with Crippen LogP contribution in [0.3, 0.4) is 0 Å². The van der Waals surface area contributed by atoms with Gasteiger partial charge in [0.2, 0.25) is 0 Å². The number of para-hydroxylation sites is 1. The minimum atomic E-state index is -4.37. The van der Waals surface area contributed by atoms with E-state index in [-0.39, 0.29) is 5.92 Å². The van der Waals surface area contributed by atoms with Crippen molar-refractivity contribution < 1.29 is 17.9 Å². The molecule has 0 radical (unpaired) electrons. The number of benzene rings is 3. The van der Waals surface area contributed by atoms with Crippen molar-refractivity contribution in [2.24, 2.45) is 5.92 Å². The van der Waals surface area contributed by atoms with E-state index >= 15 is 0 Å². The fourth-order valence-electron chi connectivity index (χ4n) is 5.45. The summed E-state index contributed by atoms with van der Waals surface area (Å²) in [5, 5.41) is 1.84. The lowest BCUT2D eigenvalue weighted by Gasteiger charge is -2.36. The van der Waals surface area contributed by atoms with Gasteiger partial charge in [-0.25, -0.2) is 0 Å². The predicted molar refractivity (Wildman–Crippen MR) is 174 cm³/mol. The highest BCUT2D eigenvalue weighted by Gasteiger charge is 2.33. The number of nitrogens with zero attached hydrogens (tertiary/aromatic N) is 3. The summed E-state index contributed by atoms with van der Waals surface area (Å²) in [6.07, 6.45) is -2.83. The minimum absolute atomic E-state index is 0.0583. The second-order valence-electron chi connectivity index (χ2n) is 10.9. The number of fused-ring (bicyclic) bond motifs is 2. The summed E-state index contributed by atoms with van der Waals surface area (Å²) < 4.78 is 46.4. The van der Waals surface area contributed by atoms with Crippen LogP contribution in [0, 0.1) is 5.92 Å². The molecule has 3 aromatic carbocycles. The smallest absolute Gasteiger partial charge is 0.416 e. The van der Waals surface area contributed by atoms with E-state index in [1.807, 2.05) is 43.3 Å². The lowest BCUT2D eigenvalue weighted by molar-refractivity contribution is -0.137. The fourth-order valence-corrected chi connectivity index (χ4v) is 7.18. The number of hydrogen-bond donors (Lipinski definition) is 0. The zero-order valence-electron chi connectivity index (χ0n) is 23.9. The van der Waals surface area contributed by atoms with Crippen molar-refractivity contribution >= 4 is 63.6 Å². The van der Waals surface area contributed by atoms with Crippen LogP contribution < -0.4 is 4.90 Å². The third-order valence-electron chi connectivity index (χ3n) is 7.87. The number of anilines is 2. The average Bonchev–Trinajstić information content (AvgIpc) is 2.98. The minimum Gasteiger partial charge on any atom is -0.485 e. The molecule has 0 bridgehead atoms. The van der Waals surface area contributed by atoms with Crippen molar-refractivity contribution in [3.05, 3.63) is 81.8 Å². The highest BCUT2D eigenvalue weighted by molar-refractivity contribution is 7.99. The molecule has 1 saturated heterocycles. The van der Waals surface area contributed by atoms with Crippen LogP contribution in [-0.4, -0.2) is 67.3 Å². The second-order valence-corrected chi connectivity index (χ2v) is 13.3. The highest BCUT2D eigenvalue weighted by atomic mass is 35.5. The Hall–Kier alpha value is -2.01. The molecule has 1 atom stereocenters. The molecule has 0 aliphatic carbocycles. The SMILES string of the molecule is CC(Cc1ccc(Cl)cc1Cl)C(=S)OCCN1CCN(CCCN2c3ccccc3Sc3ccc(C(F)(F)F)cc32)CC1. The predicted octanol–water partition coefficient (Wildman–Crippen LogP) is 8.85. The first-order valence-electron chi connectivity index (χ1n) is 14.4. The van der Waals surface area contributed by atoms with Crippen LogP contribution in [0.5, 0.6) is 0 Å². The van der Waals surface area contributed by atoms with Gasteiger partial charge in [-0.15, -0.1) is 0 Å². The van der Waals surface area contributed by atoms with Gasteiger partial charge < -0.3 is 14.5 Å². The van der Waals surface area contributed by atoms with E-state index in [2.05, 4.69) is 14.7 Å². The van der Waals surface area contributed by atoms with Crippen molar-refractivity contribution in [3.8, 4) is 0 Å². The van der Waals surface area contributed by atoms with Crippen molar-refractivity contribution in [3.63, 3.8) is 0 Å². The van der Waals surface area contributed by atoms with Gasteiger partial charge in [-0.1, -0.05) is 60.1 Å². The molecule has 0 N–H and O–H groups in total. The summed E-state index contributed by atoms with van der Waals surface area (Å²) in [7, 11) is 0. The van der Waals surface area contributed by atoms with E-state index in [9.17, 15) is 13.2 Å². The average molecular weight is 669 g/mol. The van der Waals surface area contributed by atoms with E-state index in [1.165, 1.54) is 23.9 Å². The van der Waals surface area contributed by atoms with Gasteiger partial charge in [-0.05, 0) is 79.6 Å². The molecule has 2 aliphatic heterocycles. The molecule has 43 heavy (non-hydrogen) atoms. The number of hydrogen-bond acceptors (Lipinski definition) is 6. The zero-order valence-corrected chi connectivity index (χ0v) is 27.0. The number of rotatable bonds is 10. The topological polar surface area (TPSA) is 19.0 Å². The summed E-state index contributed by atoms with van der Waals surface area (Å²) in [5.74, 6) is 0.0583. The number of piperazine rings is 1. The van der Waals surface area contributed by atoms with E-state index in [1.54, 1.807) is 12.1 Å². The summed E-state index contributed by atoms with van der Waals surface area (Å²) in [4.78, 5) is 8.78. The molecule has 0 amide bonds.